The Morgan fingerprint density at radius 1 is 0.970 bits per heavy atom. The van der Waals surface area contributed by atoms with Gasteiger partial charge in [-0.25, -0.2) is 4.98 Å². The number of hydrogen-bond donors (Lipinski definition) is 0. The molecule has 1 fully saturated rings. The van der Waals surface area contributed by atoms with Gasteiger partial charge in [-0.05, 0) is 41.1 Å². The molecule has 0 N–H and O–H groups in total. The van der Waals surface area contributed by atoms with Crippen molar-refractivity contribution in [2.24, 2.45) is 0 Å². The Kier molecular flexibility index (Phi) is 6.11. The number of nitrogens with zero attached hydrogens (tertiary/aromatic N) is 3. The number of rotatable bonds is 5. The Balaban J connectivity index is 1.18. The fourth-order valence-corrected chi connectivity index (χ4v) is 4.40. The van der Waals surface area contributed by atoms with Crippen molar-refractivity contribution in [3.05, 3.63) is 88.4 Å². The molecule has 0 bridgehead atoms. The second-order valence-electron chi connectivity index (χ2n) is 7.80. The van der Waals surface area contributed by atoms with Gasteiger partial charge < -0.3 is 19.0 Å². The molecule has 1 amide bonds. The molecule has 0 unspecified atom stereocenters. The van der Waals surface area contributed by atoms with Crippen LogP contribution in [-0.4, -0.2) is 42.0 Å². The number of carbonyl (C=O) groups is 1. The van der Waals surface area contributed by atoms with Crippen LogP contribution in [0.1, 0.15) is 16.3 Å². The molecule has 4 aromatic rings. The SMILES string of the molecule is O=C(c1ccc(COc2ccc3ccccc3c2)o1)N1CCN(c2ncc(Cl)cc2Cl)CC1. The summed E-state index contributed by atoms with van der Waals surface area (Å²) < 4.78 is 11.6. The van der Waals surface area contributed by atoms with Gasteiger partial charge in [0, 0.05) is 32.4 Å². The lowest BCUT2D eigenvalue weighted by Crippen LogP contribution is -2.49. The maximum atomic E-state index is 12.9. The summed E-state index contributed by atoms with van der Waals surface area (Å²) >= 11 is 12.2. The lowest BCUT2D eigenvalue weighted by Gasteiger charge is -2.35. The Labute approximate surface area is 201 Å². The van der Waals surface area contributed by atoms with E-state index in [-0.39, 0.29) is 12.5 Å². The smallest absolute Gasteiger partial charge is 0.289 e. The van der Waals surface area contributed by atoms with Crippen LogP contribution < -0.4 is 9.64 Å². The van der Waals surface area contributed by atoms with E-state index in [2.05, 4.69) is 11.1 Å². The summed E-state index contributed by atoms with van der Waals surface area (Å²) in [4.78, 5) is 21.0. The number of pyridine rings is 1. The maximum absolute atomic E-state index is 12.9. The molecule has 0 aliphatic carbocycles. The van der Waals surface area contributed by atoms with Crippen LogP contribution in [0, 0.1) is 0 Å². The first-order chi connectivity index (χ1) is 16.1. The predicted molar refractivity (Wildman–Crippen MR) is 129 cm³/mol. The van der Waals surface area contributed by atoms with Crippen molar-refractivity contribution in [3.8, 4) is 5.75 Å². The molecule has 2 aromatic heterocycles. The van der Waals surface area contributed by atoms with E-state index >= 15 is 0 Å². The molecule has 1 saturated heterocycles. The first-order valence-corrected chi connectivity index (χ1v) is 11.4. The van der Waals surface area contributed by atoms with Crippen molar-refractivity contribution in [1.29, 1.82) is 0 Å². The number of carbonyl (C=O) groups excluding carboxylic acids is 1. The number of ether oxygens (including phenoxy) is 1. The quantitative estimate of drug-likeness (QED) is 0.367. The third-order valence-electron chi connectivity index (χ3n) is 5.63. The van der Waals surface area contributed by atoms with E-state index in [9.17, 15) is 4.79 Å². The molecule has 6 nitrogen and oxygen atoms in total. The Hall–Kier alpha value is -3.22. The fourth-order valence-electron chi connectivity index (χ4n) is 3.90. The number of amides is 1. The summed E-state index contributed by atoms with van der Waals surface area (Å²) in [6, 6.07) is 19.2. The zero-order chi connectivity index (χ0) is 22.8. The van der Waals surface area contributed by atoms with E-state index in [1.807, 2.05) is 41.3 Å². The standard InChI is InChI=1S/C25H21Cl2N3O3/c26-19-14-22(27)24(28-15-19)29-9-11-30(12-10-29)25(31)23-8-7-21(33-23)16-32-20-6-5-17-3-1-2-4-18(17)13-20/h1-8,13-15H,9-12,16H2. The van der Waals surface area contributed by atoms with Crippen LogP contribution in [0.2, 0.25) is 10.0 Å². The Morgan fingerprint density at radius 2 is 1.76 bits per heavy atom. The number of benzene rings is 2. The number of furan rings is 1. The molecule has 5 rings (SSSR count). The number of fused-ring (bicyclic) bond motifs is 1. The maximum Gasteiger partial charge on any atom is 0.289 e. The average Bonchev–Trinajstić information content (AvgIpc) is 3.31. The van der Waals surface area contributed by atoms with Crippen molar-refractivity contribution in [1.82, 2.24) is 9.88 Å². The van der Waals surface area contributed by atoms with Crippen molar-refractivity contribution in [2.45, 2.75) is 6.61 Å². The van der Waals surface area contributed by atoms with E-state index in [0.29, 0.717) is 53.6 Å². The topological polar surface area (TPSA) is 58.8 Å². The minimum absolute atomic E-state index is 0.137. The van der Waals surface area contributed by atoms with Gasteiger partial charge in [0.1, 0.15) is 23.9 Å². The molecule has 1 aliphatic rings. The van der Waals surface area contributed by atoms with Gasteiger partial charge in [-0.1, -0.05) is 53.5 Å². The zero-order valence-electron chi connectivity index (χ0n) is 17.7. The largest absolute Gasteiger partial charge is 0.486 e. The van der Waals surface area contributed by atoms with E-state index in [0.717, 1.165) is 16.5 Å². The van der Waals surface area contributed by atoms with Crippen molar-refractivity contribution in [2.75, 3.05) is 31.1 Å². The molecule has 2 aromatic carbocycles. The highest BCUT2D eigenvalue weighted by atomic mass is 35.5. The van der Waals surface area contributed by atoms with Gasteiger partial charge in [0.15, 0.2) is 5.76 Å². The lowest BCUT2D eigenvalue weighted by molar-refractivity contribution is 0.0710. The number of anilines is 1. The molecule has 0 spiro atoms. The van der Waals surface area contributed by atoms with Gasteiger partial charge in [0.25, 0.3) is 5.91 Å². The summed E-state index contributed by atoms with van der Waals surface area (Å²) in [7, 11) is 0. The van der Waals surface area contributed by atoms with Crippen LogP contribution >= 0.6 is 23.2 Å². The first-order valence-electron chi connectivity index (χ1n) is 10.6. The summed E-state index contributed by atoms with van der Waals surface area (Å²) in [5.41, 5.74) is 0. The fraction of sp³-hybridized carbons (Fsp3) is 0.200. The van der Waals surface area contributed by atoms with Crippen LogP contribution in [0.3, 0.4) is 0 Å². The van der Waals surface area contributed by atoms with E-state index < -0.39 is 0 Å². The van der Waals surface area contributed by atoms with Gasteiger partial charge in [-0.3, -0.25) is 4.79 Å². The third-order valence-corrected chi connectivity index (χ3v) is 6.11. The van der Waals surface area contributed by atoms with Crippen molar-refractivity contribution < 1.29 is 13.9 Å². The molecule has 3 heterocycles. The summed E-state index contributed by atoms with van der Waals surface area (Å²) in [6.45, 7) is 2.59. The minimum Gasteiger partial charge on any atom is -0.486 e. The van der Waals surface area contributed by atoms with Gasteiger partial charge in [-0.2, -0.15) is 0 Å². The van der Waals surface area contributed by atoms with E-state index in [4.69, 9.17) is 32.4 Å². The van der Waals surface area contributed by atoms with E-state index in [1.54, 1.807) is 29.3 Å². The number of piperazine rings is 1. The first kappa shape index (κ1) is 21.6. The molecular weight excluding hydrogens is 461 g/mol. The van der Waals surface area contributed by atoms with Gasteiger partial charge in [0.2, 0.25) is 0 Å². The van der Waals surface area contributed by atoms with Crippen molar-refractivity contribution in [3.63, 3.8) is 0 Å². The molecule has 1 aliphatic heterocycles. The molecule has 0 atom stereocenters. The van der Waals surface area contributed by atoms with Gasteiger partial charge in [-0.15, -0.1) is 0 Å². The van der Waals surface area contributed by atoms with Gasteiger partial charge in [0.05, 0.1) is 10.0 Å². The lowest BCUT2D eigenvalue weighted by atomic mass is 10.1. The van der Waals surface area contributed by atoms with Crippen LogP contribution in [0.5, 0.6) is 5.75 Å². The Bertz CT molecular complexity index is 1300. The third kappa shape index (κ3) is 4.77. The second kappa shape index (κ2) is 9.33. The molecule has 0 radical (unpaired) electrons. The summed E-state index contributed by atoms with van der Waals surface area (Å²) in [6.07, 6.45) is 1.57. The molecular formula is C25H21Cl2N3O3. The normalized spacial score (nSPS) is 14.0. The molecule has 168 valence electrons. The second-order valence-corrected chi connectivity index (χ2v) is 8.65. The summed E-state index contributed by atoms with van der Waals surface area (Å²) in [5, 5.41) is 3.27. The number of hydrogen-bond acceptors (Lipinski definition) is 5. The molecule has 0 saturated carbocycles. The van der Waals surface area contributed by atoms with Crippen LogP contribution in [-0.2, 0) is 6.61 Å². The monoisotopic (exact) mass is 481 g/mol. The average molecular weight is 482 g/mol. The van der Waals surface area contributed by atoms with Gasteiger partial charge >= 0.3 is 0 Å². The molecule has 33 heavy (non-hydrogen) atoms. The highest BCUT2D eigenvalue weighted by Gasteiger charge is 2.26. The van der Waals surface area contributed by atoms with Crippen LogP contribution in [0.15, 0.2) is 71.3 Å². The minimum atomic E-state index is -0.137. The zero-order valence-corrected chi connectivity index (χ0v) is 19.2. The summed E-state index contributed by atoms with van der Waals surface area (Å²) in [5.74, 6) is 2.20. The van der Waals surface area contributed by atoms with E-state index in [1.165, 1.54) is 0 Å². The van der Waals surface area contributed by atoms with Crippen LogP contribution in [0.4, 0.5) is 5.82 Å². The predicted octanol–water partition coefficient (Wildman–Crippen LogP) is 5.68. The Morgan fingerprint density at radius 3 is 2.55 bits per heavy atom. The highest BCUT2D eigenvalue weighted by molar-refractivity contribution is 6.36. The van der Waals surface area contributed by atoms with Crippen molar-refractivity contribution >= 4 is 45.7 Å². The van der Waals surface area contributed by atoms with Crippen LogP contribution in [0.25, 0.3) is 10.8 Å². The number of halogens is 2. The highest BCUT2D eigenvalue weighted by Crippen LogP contribution is 2.27. The molecule has 8 heteroatoms. The number of aromatic nitrogens is 1.